The van der Waals surface area contributed by atoms with Crippen LogP contribution in [0.25, 0.3) is 0 Å². The Morgan fingerprint density at radius 1 is 1.33 bits per heavy atom. The average Bonchev–Trinajstić information content (AvgIpc) is 2.31. The SMILES string of the molecule is COC(CN[C@H](C)c1ccccn1)OC. The summed E-state index contributed by atoms with van der Waals surface area (Å²) in [4.78, 5) is 4.26. The van der Waals surface area contributed by atoms with Gasteiger partial charge in [-0.05, 0) is 19.1 Å². The fourth-order valence-corrected chi connectivity index (χ4v) is 1.27. The molecule has 0 aliphatic carbocycles. The van der Waals surface area contributed by atoms with Crippen molar-refractivity contribution in [2.24, 2.45) is 0 Å². The first kappa shape index (κ1) is 12.1. The summed E-state index contributed by atoms with van der Waals surface area (Å²) in [7, 11) is 3.25. The smallest absolute Gasteiger partial charge is 0.169 e. The zero-order chi connectivity index (χ0) is 11.1. The van der Waals surface area contributed by atoms with Gasteiger partial charge in [-0.3, -0.25) is 4.98 Å². The van der Waals surface area contributed by atoms with E-state index in [1.165, 1.54) is 0 Å². The van der Waals surface area contributed by atoms with E-state index in [4.69, 9.17) is 9.47 Å². The molecule has 1 heterocycles. The van der Waals surface area contributed by atoms with E-state index < -0.39 is 0 Å². The van der Waals surface area contributed by atoms with E-state index in [0.29, 0.717) is 6.54 Å². The Bertz CT molecular complexity index is 263. The molecule has 1 aromatic rings. The standard InChI is InChI=1S/C11H18N2O2/c1-9(10-6-4-5-7-12-10)13-8-11(14-2)15-3/h4-7,9,11,13H,8H2,1-3H3/t9-/m1/s1. The molecule has 0 fully saturated rings. The van der Waals surface area contributed by atoms with Gasteiger partial charge < -0.3 is 14.8 Å². The van der Waals surface area contributed by atoms with E-state index in [-0.39, 0.29) is 12.3 Å². The van der Waals surface area contributed by atoms with Crippen LogP contribution < -0.4 is 5.32 Å². The molecular formula is C11H18N2O2. The van der Waals surface area contributed by atoms with Crippen LogP contribution in [-0.2, 0) is 9.47 Å². The third-order valence-corrected chi connectivity index (χ3v) is 2.25. The van der Waals surface area contributed by atoms with E-state index in [1.807, 2.05) is 18.2 Å². The molecule has 4 heteroatoms. The molecule has 0 aliphatic heterocycles. The summed E-state index contributed by atoms with van der Waals surface area (Å²) in [5, 5.41) is 3.29. The van der Waals surface area contributed by atoms with Crippen molar-refractivity contribution in [3.8, 4) is 0 Å². The molecule has 15 heavy (non-hydrogen) atoms. The summed E-state index contributed by atoms with van der Waals surface area (Å²) >= 11 is 0. The second kappa shape index (κ2) is 6.50. The summed E-state index contributed by atoms with van der Waals surface area (Å²) in [6.45, 7) is 2.70. The van der Waals surface area contributed by atoms with Gasteiger partial charge in [-0.25, -0.2) is 0 Å². The number of pyridine rings is 1. The number of nitrogens with zero attached hydrogens (tertiary/aromatic N) is 1. The van der Waals surface area contributed by atoms with Crippen LogP contribution in [0.15, 0.2) is 24.4 Å². The molecule has 0 saturated carbocycles. The molecule has 1 aromatic heterocycles. The summed E-state index contributed by atoms with van der Waals surface area (Å²) in [6.07, 6.45) is 1.58. The van der Waals surface area contributed by atoms with Crippen LogP contribution in [-0.4, -0.2) is 32.0 Å². The van der Waals surface area contributed by atoms with Crippen molar-refractivity contribution in [3.63, 3.8) is 0 Å². The lowest BCUT2D eigenvalue weighted by atomic mass is 10.2. The van der Waals surface area contributed by atoms with Crippen molar-refractivity contribution in [2.45, 2.75) is 19.3 Å². The van der Waals surface area contributed by atoms with Crippen LogP contribution in [0.2, 0.25) is 0 Å². The molecule has 0 saturated heterocycles. The van der Waals surface area contributed by atoms with E-state index in [9.17, 15) is 0 Å². The zero-order valence-electron chi connectivity index (χ0n) is 9.43. The Kier molecular flexibility index (Phi) is 5.25. The quantitative estimate of drug-likeness (QED) is 0.720. The molecule has 0 bridgehead atoms. The van der Waals surface area contributed by atoms with Crippen LogP contribution in [0.5, 0.6) is 0 Å². The van der Waals surface area contributed by atoms with Crippen LogP contribution in [0.4, 0.5) is 0 Å². The highest BCUT2D eigenvalue weighted by Gasteiger charge is 2.09. The van der Waals surface area contributed by atoms with Gasteiger partial charge in [-0.15, -0.1) is 0 Å². The maximum atomic E-state index is 5.08. The molecule has 0 spiro atoms. The lowest BCUT2D eigenvalue weighted by Gasteiger charge is -2.18. The predicted molar refractivity (Wildman–Crippen MR) is 58.5 cm³/mol. The zero-order valence-corrected chi connectivity index (χ0v) is 9.43. The molecule has 1 atom stereocenters. The van der Waals surface area contributed by atoms with Crippen LogP contribution in [0.1, 0.15) is 18.7 Å². The lowest BCUT2D eigenvalue weighted by Crippen LogP contribution is -2.31. The first-order chi connectivity index (χ1) is 7.27. The summed E-state index contributed by atoms with van der Waals surface area (Å²) in [5.74, 6) is 0. The van der Waals surface area contributed by atoms with Crippen molar-refractivity contribution in [1.82, 2.24) is 10.3 Å². The summed E-state index contributed by atoms with van der Waals surface area (Å²) < 4.78 is 10.2. The first-order valence-electron chi connectivity index (χ1n) is 4.97. The van der Waals surface area contributed by atoms with E-state index in [1.54, 1.807) is 20.4 Å². The minimum Gasteiger partial charge on any atom is -0.355 e. The van der Waals surface area contributed by atoms with Gasteiger partial charge in [0.1, 0.15) is 0 Å². The Morgan fingerprint density at radius 2 is 2.07 bits per heavy atom. The number of rotatable bonds is 6. The van der Waals surface area contributed by atoms with Crippen molar-refractivity contribution in [2.75, 3.05) is 20.8 Å². The number of aromatic nitrogens is 1. The maximum Gasteiger partial charge on any atom is 0.169 e. The van der Waals surface area contributed by atoms with Gasteiger partial charge in [-0.1, -0.05) is 6.07 Å². The second-order valence-corrected chi connectivity index (χ2v) is 3.29. The van der Waals surface area contributed by atoms with Gasteiger partial charge in [0, 0.05) is 33.0 Å². The van der Waals surface area contributed by atoms with E-state index >= 15 is 0 Å². The molecule has 0 aliphatic rings. The number of methoxy groups -OCH3 is 2. The summed E-state index contributed by atoms with van der Waals surface area (Å²) in [6, 6.07) is 6.07. The van der Waals surface area contributed by atoms with Crippen molar-refractivity contribution in [3.05, 3.63) is 30.1 Å². The first-order valence-corrected chi connectivity index (χ1v) is 4.97. The predicted octanol–water partition coefficient (Wildman–Crippen LogP) is 1.35. The highest BCUT2D eigenvalue weighted by Crippen LogP contribution is 2.07. The van der Waals surface area contributed by atoms with Gasteiger partial charge >= 0.3 is 0 Å². The number of hydrogen-bond donors (Lipinski definition) is 1. The third kappa shape index (κ3) is 3.95. The summed E-state index contributed by atoms with van der Waals surface area (Å²) in [5.41, 5.74) is 1.02. The van der Waals surface area contributed by atoms with Gasteiger partial charge in [0.25, 0.3) is 0 Å². The van der Waals surface area contributed by atoms with Crippen molar-refractivity contribution < 1.29 is 9.47 Å². The van der Waals surface area contributed by atoms with E-state index in [0.717, 1.165) is 5.69 Å². The minimum absolute atomic E-state index is 0.194. The Hall–Kier alpha value is -0.970. The molecule has 1 N–H and O–H groups in total. The van der Waals surface area contributed by atoms with Gasteiger partial charge in [0.2, 0.25) is 0 Å². The monoisotopic (exact) mass is 210 g/mol. The lowest BCUT2D eigenvalue weighted by molar-refractivity contribution is -0.0997. The number of nitrogens with one attached hydrogen (secondary N) is 1. The Labute approximate surface area is 90.6 Å². The third-order valence-electron chi connectivity index (χ3n) is 2.25. The molecular weight excluding hydrogens is 192 g/mol. The highest BCUT2D eigenvalue weighted by molar-refractivity contribution is 5.07. The van der Waals surface area contributed by atoms with Crippen LogP contribution in [0, 0.1) is 0 Å². The fourth-order valence-electron chi connectivity index (χ4n) is 1.27. The molecule has 0 aromatic carbocycles. The largest absolute Gasteiger partial charge is 0.355 e. The van der Waals surface area contributed by atoms with Gasteiger partial charge in [-0.2, -0.15) is 0 Å². The van der Waals surface area contributed by atoms with Crippen molar-refractivity contribution in [1.29, 1.82) is 0 Å². The van der Waals surface area contributed by atoms with E-state index in [2.05, 4.69) is 17.2 Å². The average molecular weight is 210 g/mol. The second-order valence-electron chi connectivity index (χ2n) is 3.29. The number of ether oxygens (including phenoxy) is 2. The van der Waals surface area contributed by atoms with Crippen LogP contribution in [0.3, 0.4) is 0 Å². The molecule has 0 amide bonds. The Balaban J connectivity index is 2.39. The van der Waals surface area contributed by atoms with Gasteiger partial charge in [0.05, 0.1) is 5.69 Å². The van der Waals surface area contributed by atoms with Crippen LogP contribution >= 0.6 is 0 Å². The normalized spacial score (nSPS) is 13.1. The molecule has 84 valence electrons. The van der Waals surface area contributed by atoms with Crippen molar-refractivity contribution >= 4 is 0 Å². The maximum absolute atomic E-state index is 5.08. The Morgan fingerprint density at radius 3 is 2.60 bits per heavy atom. The minimum atomic E-state index is -0.212. The van der Waals surface area contributed by atoms with Gasteiger partial charge in [0.15, 0.2) is 6.29 Å². The molecule has 0 radical (unpaired) electrons. The topological polar surface area (TPSA) is 43.4 Å². The highest BCUT2D eigenvalue weighted by atomic mass is 16.7. The number of hydrogen-bond acceptors (Lipinski definition) is 4. The molecule has 0 unspecified atom stereocenters. The molecule has 4 nitrogen and oxygen atoms in total. The fraction of sp³-hybridized carbons (Fsp3) is 0.545. The molecule has 1 rings (SSSR count).